The highest BCUT2D eigenvalue weighted by atomic mass is 16.6. The van der Waals surface area contributed by atoms with Crippen LogP contribution < -0.4 is 0 Å². The molecule has 7 heteroatoms. The first-order chi connectivity index (χ1) is 8.08. The van der Waals surface area contributed by atoms with Gasteiger partial charge in [0.15, 0.2) is 17.3 Å². The molecule has 0 spiro atoms. The molecule has 0 atom stereocenters. The summed E-state index contributed by atoms with van der Waals surface area (Å²) in [6.45, 7) is 3.37. The number of hydrogen-bond donors (Lipinski definition) is 0. The normalized spacial score (nSPS) is 10.4. The first-order valence-corrected chi connectivity index (χ1v) is 4.88. The summed E-state index contributed by atoms with van der Waals surface area (Å²) >= 11 is 0. The molecule has 0 unspecified atom stereocenters. The van der Waals surface area contributed by atoms with E-state index in [1.54, 1.807) is 0 Å². The lowest BCUT2D eigenvalue weighted by molar-refractivity contribution is -0.170. The number of Topliss-reactive ketones (excluding diaryl/α,β-unsaturated/α-hetero) is 4. The highest BCUT2D eigenvalue weighted by Gasteiger charge is 2.55. The number of ketones is 4. The van der Waals surface area contributed by atoms with E-state index in [1.807, 2.05) is 0 Å². The maximum atomic E-state index is 11.7. The molecule has 0 rings (SSSR count). The second-order valence-corrected chi connectivity index (χ2v) is 3.63. The van der Waals surface area contributed by atoms with Crippen LogP contribution in [0.25, 0.3) is 0 Å². The predicted molar refractivity (Wildman–Crippen MR) is 56.3 cm³/mol. The van der Waals surface area contributed by atoms with Crippen molar-refractivity contribution in [1.82, 2.24) is 0 Å². The molecule has 0 radical (unpaired) electrons. The van der Waals surface area contributed by atoms with Crippen LogP contribution in [-0.2, 0) is 33.5 Å². The Hall–Kier alpha value is -2.18. The van der Waals surface area contributed by atoms with E-state index in [1.165, 1.54) is 0 Å². The minimum absolute atomic E-state index is 0.835. The molecular weight excluding hydrogens is 244 g/mol. The van der Waals surface area contributed by atoms with E-state index in [4.69, 9.17) is 0 Å². The smallest absolute Gasteiger partial charge is 0.384 e. The monoisotopic (exact) mass is 256 g/mol. The minimum atomic E-state index is -2.72. The van der Waals surface area contributed by atoms with Gasteiger partial charge in [-0.05, 0) is 20.8 Å². The number of rotatable bonds is 5. The van der Waals surface area contributed by atoms with Crippen molar-refractivity contribution >= 4 is 35.1 Å². The number of hydrogen-bond acceptors (Lipinski definition) is 7. The molecule has 0 fully saturated rings. The van der Waals surface area contributed by atoms with E-state index in [0.717, 1.165) is 27.7 Å². The van der Waals surface area contributed by atoms with Gasteiger partial charge < -0.3 is 4.74 Å². The van der Waals surface area contributed by atoms with Crippen molar-refractivity contribution < 1.29 is 33.5 Å². The van der Waals surface area contributed by atoms with Crippen molar-refractivity contribution in [1.29, 1.82) is 0 Å². The third-order valence-corrected chi connectivity index (χ3v) is 2.35. The molecule has 0 aromatic carbocycles. The molecule has 0 aromatic rings. The lowest BCUT2D eigenvalue weighted by atomic mass is 9.73. The second kappa shape index (κ2) is 5.44. The molecule has 0 N–H and O–H groups in total. The summed E-state index contributed by atoms with van der Waals surface area (Å²) in [6, 6.07) is 0. The highest BCUT2D eigenvalue weighted by molar-refractivity contribution is 6.53. The Balaban J connectivity index is 5.75. The van der Waals surface area contributed by atoms with Crippen molar-refractivity contribution in [3.63, 3.8) is 0 Å². The first-order valence-electron chi connectivity index (χ1n) is 4.88. The standard InChI is InChI=1S/C11H12O7/c1-5(12)11(6(2)13,7(3)14)9(16)10(17)18-8(4)15/h1-4H3. The van der Waals surface area contributed by atoms with E-state index in [0.29, 0.717) is 0 Å². The molecule has 7 nitrogen and oxygen atoms in total. The number of carbonyl (C=O) groups is 6. The van der Waals surface area contributed by atoms with Gasteiger partial charge in [0, 0.05) is 6.92 Å². The Labute approximate surface area is 102 Å². The maximum absolute atomic E-state index is 11.7. The average molecular weight is 256 g/mol. The molecule has 0 heterocycles. The summed E-state index contributed by atoms with van der Waals surface area (Å²) in [5, 5.41) is 0. The summed E-state index contributed by atoms with van der Waals surface area (Å²) in [4.78, 5) is 67.8. The Morgan fingerprint density at radius 1 is 0.722 bits per heavy atom. The lowest BCUT2D eigenvalue weighted by Crippen LogP contribution is -2.53. The van der Waals surface area contributed by atoms with Crippen LogP contribution in [0.4, 0.5) is 0 Å². The van der Waals surface area contributed by atoms with Gasteiger partial charge in [-0.2, -0.15) is 0 Å². The van der Waals surface area contributed by atoms with Gasteiger partial charge in [0.2, 0.25) is 5.41 Å². The maximum Gasteiger partial charge on any atom is 0.384 e. The van der Waals surface area contributed by atoms with E-state index >= 15 is 0 Å². The molecule has 0 amide bonds. The molecule has 0 aliphatic heterocycles. The molecule has 0 aliphatic rings. The molecular formula is C11H12O7. The molecule has 98 valence electrons. The molecule has 18 heavy (non-hydrogen) atoms. The zero-order chi connectivity index (χ0) is 14.7. The fourth-order valence-electron chi connectivity index (χ4n) is 1.55. The molecule has 0 saturated heterocycles. The Morgan fingerprint density at radius 3 is 1.28 bits per heavy atom. The van der Waals surface area contributed by atoms with Crippen molar-refractivity contribution in [2.24, 2.45) is 5.41 Å². The Morgan fingerprint density at radius 2 is 1.06 bits per heavy atom. The van der Waals surface area contributed by atoms with Crippen LogP contribution in [0.2, 0.25) is 0 Å². The van der Waals surface area contributed by atoms with Crippen LogP contribution >= 0.6 is 0 Å². The van der Waals surface area contributed by atoms with Gasteiger partial charge in [0.05, 0.1) is 0 Å². The van der Waals surface area contributed by atoms with Crippen LogP contribution in [0.5, 0.6) is 0 Å². The predicted octanol–water partition coefficient (Wildman–Crippen LogP) is -0.601. The van der Waals surface area contributed by atoms with Crippen LogP contribution in [0.3, 0.4) is 0 Å². The third kappa shape index (κ3) is 2.55. The van der Waals surface area contributed by atoms with Gasteiger partial charge in [-0.3, -0.25) is 24.0 Å². The largest absolute Gasteiger partial charge is 0.387 e. The van der Waals surface area contributed by atoms with Crippen molar-refractivity contribution in [3.05, 3.63) is 0 Å². The average Bonchev–Trinajstić information content (AvgIpc) is 2.14. The fraction of sp³-hybridized carbons (Fsp3) is 0.455. The zero-order valence-corrected chi connectivity index (χ0v) is 10.4. The van der Waals surface area contributed by atoms with E-state index in [9.17, 15) is 28.8 Å². The number of ether oxygens (including phenoxy) is 1. The lowest BCUT2D eigenvalue weighted by Gasteiger charge is -2.22. The van der Waals surface area contributed by atoms with Gasteiger partial charge in [0.1, 0.15) is 0 Å². The number of esters is 2. The van der Waals surface area contributed by atoms with E-state index in [-0.39, 0.29) is 0 Å². The zero-order valence-electron chi connectivity index (χ0n) is 10.4. The fourth-order valence-corrected chi connectivity index (χ4v) is 1.55. The highest BCUT2D eigenvalue weighted by Crippen LogP contribution is 2.24. The van der Waals surface area contributed by atoms with Crippen LogP contribution in [0.15, 0.2) is 0 Å². The van der Waals surface area contributed by atoms with Gasteiger partial charge in [0.25, 0.3) is 5.78 Å². The van der Waals surface area contributed by atoms with Gasteiger partial charge >= 0.3 is 11.9 Å². The Kier molecular flexibility index (Phi) is 4.78. The summed E-state index contributed by atoms with van der Waals surface area (Å²) < 4.78 is 3.98. The molecule has 0 aromatic heterocycles. The van der Waals surface area contributed by atoms with Crippen molar-refractivity contribution in [3.8, 4) is 0 Å². The van der Waals surface area contributed by atoms with Crippen molar-refractivity contribution in [2.45, 2.75) is 27.7 Å². The Bertz CT molecular complexity index is 422. The molecule has 0 bridgehead atoms. The minimum Gasteiger partial charge on any atom is -0.387 e. The van der Waals surface area contributed by atoms with E-state index in [2.05, 4.69) is 4.74 Å². The van der Waals surface area contributed by atoms with Crippen LogP contribution in [0, 0.1) is 5.41 Å². The van der Waals surface area contributed by atoms with Gasteiger partial charge in [-0.1, -0.05) is 0 Å². The quantitative estimate of drug-likeness (QED) is 0.366. The van der Waals surface area contributed by atoms with Gasteiger partial charge in [-0.25, -0.2) is 4.79 Å². The van der Waals surface area contributed by atoms with Crippen LogP contribution in [-0.4, -0.2) is 35.1 Å². The first kappa shape index (κ1) is 15.8. The second-order valence-electron chi connectivity index (χ2n) is 3.63. The topological polar surface area (TPSA) is 112 Å². The number of carbonyl (C=O) groups excluding carboxylic acids is 6. The summed E-state index contributed by atoms with van der Waals surface area (Å²) in [5.74, 6) is -7.71. The SMILES string of the molecule is CC(=O)OC(=O)C(=O)C(C(C)=O)(C(C)=O)C(C)=O. The summed E-state index contributed by atoms with van der Waals surface area (Å²) in [5.41, 5.74) is -2.72. The summed E-state index contributed by atoms with van der Waals surface area (Å²) in [6.07, 6.45) is 0. The van der Waals surface area contributed by atoms with Crippen molar-refractivity contribution in [2.75, 3.05) is 0 Å². The van der Waals surface area contributed by atoms with E-state index < -0.39 is 40.5 Å². The summed E-state index contributed by atoms with van der Waals surface area (Å²) in [7, 11) is 0. The van der Waals surface area contributed by atoms with Gasteiger partial charge in [-0.15, -0.1) is 0 Å². The molecule has 0 aliphatic carbocycles. The third-order valence-electron chi connectivity index (χ3n) is 2.35. The van der Waals surface area contributed by atoms with Crippen LogP contribution in [0.1, 0.15) is 27.7 Å². The molecule has 0 saturated carbocycles.